The van der Waals surface area contributed by atoms with E-state index < -0.39 is 34.9 Å². The molecular formula is C10H10F4O. The van der Waals surface area contributed by atoms with Crippen molar-refractivity contribution in [2.45, 2.75) is 25.9 Å². The minimum Gasteiger partial charge on any atom is -0.393 e. The van der Waals surface area contributed by atoms with Crippen molar-refractivity contribution in [3.8, 4) is 0 Å². The Balaban J connectivity index is 3.04. The van der Waals surface area contributed by atoms with E-state index in [0.717, 1.165) is 0 Å². The molecule has 0 bridgehead atoms. The molecule has 0 aliphatic rings. The summed E-state index contributed by atoms with van der Waals surface area (Å²) in [5.74, 6) is -5.63. The SMILES string of the molecule is C[C@@H](O)CCc1c(F)c(F)cc(F)c1F. The summed E-state index contributed by atoms with van der Waals surface area (Å²) in [6, 6.07) is 0.163. The lowest BCUT2D eigenvalue weighted by molar-refractivity contribution is 0.184. The molecule has 1 aromatic rings. The van der Waals surface area contributed by atoms with Crippen LogP contribution in [-0.4, -0.2) is 11.2 Å². The molecule has 0 aliphatic heterocycles. The van der Waals surface area contributed by atoms with Gasteiger partial charge < -0.3 is 5.11 Å². The van der Waals surface area contributed by atoms with Crippen LogP contribution in [0.1, 0.15) is 18.9 Å². The third-order valence-electron chi connectivity index (χ3n) is 2.01. The Morgan fingerprint density at radius 1 is 1.13 bits per heavy atom. The summed E-state index contributed by atoms with van der Waals surface area (Å²) in [6.45, 7) is 1.42. The van der Waals surface area contributed by atoms with Gasteiger partial charge in [0.15, 0.2) is 23.3 Å². The molecule has 1 rings (SSSR count). The van der Waals surface area contributed by atoms with Crippen LogP contribution in [0.2, 0.25) is 0 Å². The second-order valence-corrected chi connectivity index (χ2v) is 3.33. The van der Waals surface area contributed by atoms with Gasteiger partial charge in [-0.25, -0.2) is 17.6 Å². The molecule has 0 aliphatic carbocycles. The van der Waals surface area contributed by atoms with Gasteiger partial charge in [-0.1, -0.05) is 0 Å². The van der Waals surface area contributed by atoms with Crippen molar-refractivity contribution in [1.29, 1.82) is 0 Å². The molecule has 0 saturated heterocycles. The Hall–Kier alpha value is -1.10. The smallest absolute Gasteiger partial charge is 0.165 e. The van der Waals surface area contributed by atoms with E-state index in [9.17, 15) is 17.6 Å². The zero-order chi connectivity index (χ0) is 11.6. The zero-order valence-electron chi connectivity index (χ0n) is 8.03. The first kappa shape index (κ1) is 12.0. The molecule has 0 saturated carbocycles. The summed E-state index contributed by atoms with van der Waals surface area (Å²) in [6.07, 6.45) is -0.990. The maximum atomic E-state index is 13.0. The molecule has 15 heavy (non-hydrogen) atoms. The van der Waals surface area contributed by atoms with Crippen LogP contribution in [0.3, 0.4) is 0 Å². The van der Waals surface area contributed by atoms with E-state index in [0.29, 0.717) is 0 Å². The standard InChI is InChI=1S/C10H10F4O/c1-5(15)2-3-6-9(13)7(11)4-8(12)10(6)14/h4-5,15H,2-3H2,1H3/t5-/m1/s1. The first-order chi connectivity index (χ1) is 6.93. The summed E-state index contributed by atoms with van der Waals surface area (Å²) in [5.41, 5.74) is -0.659. The van der Waals surface area contributed by atoms with Gasteiger partial charge in [0.25, 0.3) is 0 Å². The van der Waals surface area contributed by atoms with Gasteiger partial charge in [0, 0.05) is 11.6 Å². The average molecular weight is 222 g/mol. The van der Waals surface area contributed by atoms with Gasteiger partial charge in [0.05, 0.1) is 6.10 Å². The van der Waals surface area contributed by atoms with Crippen LogP contribution >= 0.6 is 0 Å². The first-order valence-corrected chi connectivity index (χ1v) is 4.43. The molecule has 1 N–H and O–H groups in total. The van der Waals surface area contributed by atoms with Crippen LogP contribution in [0.4, 0.5) is 17.6 Å². The van der Waals surface area contributed by atoms with E-state index in [2.05, 4.69) is 0 Å². The molecular weight excluding hydrogens is 212 g/mol. The van der Waals surface area contributed by atoms with Crippen LogP contribution in [0.5, 0.6) is 0 Å². The fourth-order valence-corrected chi connectivity index (χ4v) is 1.20. The fraction of sp³-hybridized carbons (Fsp3) is 0.400. The highest BCUT2D eigenvalue weighted by Gasteiger charge is 2.18. The van der Waals surface area contributed by atoms with Gasteiger partial charge in [-0.3, -0.25) is 0 Å². The lowest BCUT2D eigenvalue weighted by Gasteiger charge is -2.08. The maximum absolute atomic E-state index is 13.0. The highest BCUT2D eigenvalue weighted by molar-refractivity contribution is 5.22. The van der Waals surface area contributed by atoms with Crippen LogP contribution in [0.15, 0.2) is 6.07 Å². The topological polar surface area (TPSA) is 20.2 Å². The van der Waals surface area contributed by atoms with Crippen molar-refractivity contribution < 1.29 is 22.7 Å². The third-order valence-corrected chi connectivity index (χ3v) is 2.01. The number of hydrogen-bond acceptors (Lipinski definition) is 1. The molecule has 0 unspecified atom stereocenters. The summed E-state index contributed by atoms with van der Waals surface area (Å²) in [7, 11) is 0. The predicted octanol–water partition coefficient (Wildman–Crippen LogP) is 2.56. The van der Waals surface area contributed by atoms with Gasteiger partial charge in [0.2, 0.25) is 0 Å². The van der Waals surface area contributed by atoms with E-state index in [1.54, 1.807) is 0 Å². The highest BCUT2D eigenvalue weighted by atomic mass is 19.2. The third kappa shape index (κ3) is 2.68. The second kappa shape index (κ2) is 4.61. The number of halogens is 4. The van der Waals surface area contributed by atoms with Crippen molar-refractivity contribution >= 4 is 0 Å². The monoisotopic (exact) mass is 222 g/mol. The van der Waals surface area contributed by atoms with Gasteiger partial charge in [0.1, 0.15) is 0 Å². The summed E-state index contributed by atoms with van der Waals surface area (Å²) >= 11 is 0. The fourth-order valence-electron chi connectivity index (χ4n) is 1.20. The van der Waals surface area contributed by atoms with E-state index in [1.807, 2.05) is 0 Å². The maximum Gasteiger partial charge on any atom is 0.165 e. The van der Waals surface area contributed by atoms with E-state index in [1.165, 1.54) is 6.92 Å². The molecule has 1 aromatic carbocycles. The largest absolute Gasteiger partial charge is 0.393 e. The minimum atomic E-state index is -1.42. The molecule has 0 spiro atoms. The number of aliphatic hydroxyl groups is 1. The van der Waals surface area contributed by atoms with Crippen molar-refractivity contribution in [3.05, 3.63) is 34.9 Å². The molecule has 84 valence electrons. The number of benzene rings is 1. The highest BCUT2D eigenvalue weighted by Crippen LogP contribution is 2.20. The molecule has 0 radical (unpaired) electrons. The number of rotatable bonds is 3. The quantitative estimate of drug-likeness (QED) is 0.615. The minimum absolute atomic E-state index is 0.0384. The second-order valence-electron chi connectivity index (χ2n) is 3.33. The summed E-state index contributed by atoms with van der Waals surface area (Å²) < 4.78 is 51.5. The predicted molar refractivity (Wildman–Crippen MR) is 46.3 cm³/mol. The normalized spacial score (nSPS) is 12.9. The van der Waals surface area contributed by atoms with Crippen molar-refractivity contribution in [2.24, 2.45) is 0 Å². The lowest BCUT2D eigenvalue weighted by atomic mass is 10.1. The van der Waals surface area contributed by atoms with E-state index >= 15 is 0 Å². The van der Waals surface area contributed by atoms with Crippen molar-refractivity contribution in [2.75, 3.05) is 0 Å². The van der Waals surface area contributed by atoms with Gasteiger partial charge in [-0.2, -0.15) is 0 Å². The lowest BCUT2D eigenvalue weighted by Crippen LogP contribution is -2.07. The Morgan fingerprint density at radius 2 is 1.60 bits per heavy atom. The van der Waals surface area contributed by atoms with Crippen molar-refractivity contribution in [3.63, 3.8) is 0 Å². The van der Waals surface area contributed by atoms with Crippen LogP contribution in [-0.2, 0) is 6.42 Å². The van der Waals surface area contributed by atoms with Gasteiger partial charge >= 0.3 is 0 Å². The summed E-state index contributed by atoms with van der Waals surface area (Å²) in [5, 5.41) is 8.90. The van der Waals surface area contributed by atoms with E-state index in [4.69, 9.17) is 5.11 Å². The molecule has 0 fully saturated rings. The molecule has 0 amide bonds. The molecule has 0 heterocycles. The Morgan fingerprint density at radius 3 is 2.00 bits per heavy atom. The van der Waals surface area contributed by atoms with Crippen LogP contribution in [0, 0.1) is 23.3 Å². The molecule has 1 nitrogen and oxygen atoms in total. The Labute approximate surface area is 84.3 Å². The van der Waals surface area contributed by atoms with E-state index in [-0.39, 0.29) is 18.9 Å². The number of aliphatic hydroxyl groups excluding tert-OH is 1. The molecule has 5 heteroatoms. The van der Waals surface area contributed by atoms with Gasteiger partial charge in [-0.15, -0.1) is 0 Å². The summed E-state index contributed by atoms with van der Waals surface area (Å²) in [4.78, 5) is 0. The molecule has 0 aromatic heterocycles. The molecule has 1 atom stereocenters. The van der Waals surface area contributed by atoms with Gasteiger partial charge in [-0.05, 0) is 19.8 Å². The average Bonchev–Trinajstić information content (AvgIpc) is 2.14. The van der Waals surface area contributed by atoms with Crippen LogP contribution < -0.4 is 0 Å². The Kier molecular flexibility index (Phi) is 3.68. The van der Waals surface area contributed by atoms with Crippen LogP contribution in [0.25, 0.3) is 0 Å². The van der Waals surface area contributed by atoms with Crippen molar-refractivity contribution in [1.82, 2.24) is 0 Å². The Bertz CT molecular complexity index is 337. The first-order valence-electron chi connectivity index (χ1n) is 4.43. The number of hydrogen-bond donors (Lipinski definition) is 1. The zero-order valence-corrected chi connectivity index (χ0v) is 8.03.